The highest BCUT2D eigenvalue weighted by Crippen LogP contribution is 2.28. The smallest absolute Gasteiger partial charge is 0.268 e. The summed E-state index contributed by atoms with van der Waals surface area (Å²) in [4.78, 5) is 43.2. The van der Waals surface area contributed by atoms with Crippen molar-refractivity contribution in [3.63, 3.8) is 0 Å². The number of carbonyl (C=O) groups is 2. The molecule has 0 saturated heterocycles. The molecule has 2 N–H and O–H groups in total. The van der Waals surface area contributed by atoms with Gasteiger partial charge in [-0.3, -0.25) is 29.6 Å². The van der Waals surface area contributed by atoms with Crippen LogP contribution in [0.1, 0.15) is 49.7 Å². The number of carbonyl (C=O) groups excluding carboxylic acids is 2. The molecular formula is C17H16N4O3S2. The maximum absolute atomic E-state index is 12.3. The Kier molecular flexibility index (Phi) is 4.56. The fourth-order valence-corrected chi connectivity index (χ4v) is 4.83. The molecule has 0 aromatic carbocycles. The van der Waals surface area contributed by atoms with Gasteiger partial charge in [0.15, 0.2) is 4.96 Å². The monoisotopic (exact) mass is 388 g/mol. The van der Waals surface area contributed by atoms with Gasteiger partial charge in [-0.25, -0.2) is 4.98 Å². The summed E-state index contributed by atoms with van der Waals surface area (Å²) in [5.74, 6) is -1.06. The summed E-state index contributed by atoms with van der Waals surface area (Å²) in [6.45, 7) is 0. The number of aryl methyl sites for hydroxylation is 2. The number of fused-ring (bicyclic) bond motifs is 2. The molecule has 0 spiro atoms. The van der Waals surface area contributed by atoms with Crippen molar-refractivity contribution in [2.75, 3.05) is 0 Å². The molecule has 0 bridgehead atoms. The van der Waals surface area contributed by atoms with Crippen molar-refractivity contribution in [1.82, 2.24) is 20.2 Å². The van der Waals surface area contributed by atoms with Crippen molar-refractivity contribution in [3.8, 4) is 0 Å². The van der Waals surface area contributed by atoms with E-state index in [-0.39, 0.29) is 11.5 Å². The fourth-order valence-electron chi connectivity index (χ4n) is 3.00. The number of nitrogens with zero attached hydrogens (tertiary/aromatic N) is 2. The number of aromatic nitrogens is 2. The first kappa shape index (κ1) is 16.9. The quantitative estimate of drug-likeness (QED) is 0.520. The predicted molar refractivity (Wildman–Crippen MR) is 99.8 cm³/mol. The minimum Gasteiger partial charge on any atom is -0.268 e. The molecule has 2 amide bonds. The van der Waals surface area contributed by atoms with Crippen LogP contribution >= 0.6 is 22.7 Å². The van der Waals surface area contributed by atoms with E-state index in [1.807, 2.05) is 6.07 Å². The molecule has 3 heterocycles. The van der Waals surface area contributed by atoms with E-state index in [1.54, 1.807) is 11.6 Å². The van der Waals surface area contributed by atoms with Crippen molar-refractivity contribution >= 4 is 39.4 Å². The first-order chi connectivity index (χ1) is 12.6. The summed E-state index contributed by atoms with van der Waals surface area (Å²) in [6, 6.07) is 1.90. The van der Waals surface area contributed by atoms with Gasteiger partial charge in [-0.1, -0.05) is 6.42 Å². The second-order valence-electron chi connectivity index (χ2n) is 6.06. The van der Waals surface area contributed by atoms with Crippen LogP contribution in [0.15, 0.2) is 28.6 Å². The molecule has 1 aliphatic carbocycles. The highest BCUT2D eigenvalue weighted by Gasteiger charge is 2.18. The summed E-state index contributed by atoms with van der Waals surface area (Å²) < 4.78 is 1.30. The first-order valence-electron chi connectivity index (χ1n) is 8.30. The topological polar surface area (TPSA) is 92.6 Å². The number of amides is 2. The van der Waals surface area contributed by atoms with E-state index < -0.39 is 11.5 Å². The van der Waals surface area contributed by atoms with Crippen molar-refractivity contribution in [2.24, 2.45) is 0 Å². The number of hydrogen-bond acceptors (Lipinski definition) is 6. The molecule has 0 aliphatic heterocycles. The lowest BCUT2D eigenvalue weighted by Gasteiger charge is -2.06. The fraction of sp³-hybridized carbons (Fsp3) is 0.294. The Morgan fingerprint density at radius 3 is 2.81 bits per heavy atom. The average Bonchev–Trinajstić information content (AvgIpc) is 3.22. The normalized spacial score (nSPS) is 13.8. The molecule has 0 radical (unpaired) electrons. The number of hydrazine groups is 1. The van der Waals surface area contributed by atoms with E-state index in [0.29, 0.717) is 9.84 Å². The Bertz CT molecular complexity index is 1030. The van der Waals surface area contributed by atoms with Crippen LogP contribution in [-0.2, 0) is 12.8 Å². The van der Waals surface area contributed by atoms with Gasteiger partial charge < -0.3 is 0 Å². The van der Waals surface area contributed by atoms with Gasteiger partial charge in [0.25, 0.3) is 17.4 Å². The second kappa shape index (κ2) is 7.00. The van der Waals surface area contributed by atoms with Crippen molar-refractivity contribution in [3.05, 3.63) is 55.1 Å². The Morgan fingerprint density at radius 1 is 1.12 bits per heavy atom. The minimum absolute atomic E-state index is 0.122. The third kappa shape index (κ3) is 3.15. The Morgan fingerprint density at radius 2 is 1.92 bits per heavy atom. The summed E-state index contributed by atoms with van der Waals surface area (Å²) in [5, 5.41) is 1.72. The van der Waals surface area contributed by atoms with E-state index in [4.69, 9.17) is 0 Å². The van der Waals surface area contributed by atoms with E-state index in [0.717, 1.165) is 25.7 Å². The van der Waals surface area contributed by atoms with Crippen molar-refractivity contribution < 1.29 is 9.59 Å². The molecule has 1 aliphatic rings. The standard InChI is InChI=1S/C17H16N4O3S2/c22-14(11-9-18-17-21(16(11)24)6-7-25-17)19-20-15(23)13-8-10-4-2-1-3-5-12(10)26-13/h6-9H,1-5H2,(H,19,22)(H,20,23). The average molecular weight is 388 g/mol. The van der Waals surface area contributed by atoms with Crippen LogP contribution in [0.4, 0.5) is 0 Å². The van der Waals surface area contributed by atoms with Gasteiger partial charge in [-0.15, -0.1) is 22.7 Å². The Labute approximate surface area is 156 Å². The van der Waals surface area contributed by atoms with Crippen LogP contribution in [0.3, 0.4) is 0 Å². The molecule has 3 aromatic heterocycles. The Hall–Kier alpha value is -2.52. The summed E-state index contributed by atoms with van der Waals surface area (Å²) in [5.41, 5.74) is 5.34. The predicted octanol–water partition coefficient (Wildman–Crippen LogP) is 2.16. The molecule has 26 heavy (non-hydrogen) atoms. The van der Waals surface area contributed by atoms with Gasteiger partial charge in [0.2, 0.25) is 0 Å². The SMILES string of the molecule is O=C(NNC(=O)c1cnc2sccn2c1=O)c1cc2c(s1)CCCCC2. The van der Waals surface area contributed by atoms with E-state index in [2.05, 4.69) is 15.8 Å². The van der Waals surface area contributed by atoms with E-state index in [9.17, 15) is 14.4 Å². The van der Waals surface area contributed by atoms with Gasteiger partial charge in [-0.05, 0) is 37.3 Å². The maximum atomic E-state index is 12.3. The van der Waals surface area contributed by atoms with Crippen LogP contribution in [0, 0.1) is 0 Å². The third-order valence-corrected chi connectivity index (χ3v) is 6.35. The van der Waals surface area contributed by atoms with Crippen molar-refractivity contribution in [2.45, 2.75) is 32.1 Å². The largest absolute Gasteiger partial charge is 0.279 e. The number of hydrogen-bond donors (Lipinski definition) is 2. The molecule has 0 fully saturated rings. The zero-order valence-electron chi connectivity index (χ0n) is 13.8. The van der Waals surface area contributed by atoms with Gasteiger partial charge in [-0.2, -0.15) is 0 Å². The maximum Gasteiger partial charge on any atom is 0.279 e. The number of rotatable bonds is 2. The summed E-state index contributed by atoms with van der Waals surface area (Å²) in [7, 11) is 0. The molecule has 9 heteroatoms. The molecule has 0 atom stereocenters. The summed E-state index contributed by atoms with van der Waals surface area (Å²) in [6.07, 6.45) is 8.29. The van der Waals surface area contributed by atoms with Crippen molar-refractivity contribution in [1.29, 1.82) is 0 Å². The van der Waals surface area contributed by atoms with E-state index in [1.165, 1.54) is 50.1 Å². The highest BCUT2D eigenvalue weighted by atomic mass is 32.1. The minimum atomic E-state index is -0.686. The number of thiophene rings is 1. The molecular weight excluding hydrogens is 372 g/mol. The molecule has 0 unspecified atom stereocenters. The molecule has 3 aromatic rings. The van der Waals surface area contributed by atoms with Crippen LogP contribution in [0.2, 0.25) is 0 Å². The van der Waals surface area contributed by atoms with Gasteiger partial charge >= 0.3 is 0 Å². The van der Waals surface area contributed by atoms with Crippen LogP contribution in [-0.4, -0.2) is 21.2 Å². The molecule has 134 valence electrons. The van der Waals surface area contributed by atoms with Crippen LogP contribution < -0.4 is 16.4 Å². The second-order valence-corrected chi connectivity index (χ2v) is 8.07. The zero-order chi connectivity index (χ0) is 18.1. The van der Waals surface area contributed by atoms with Gasteiger partial charge in [0.05, 0.1) is 4.88 Å². The van der Waals surface area contributed by atoms with Gasteiger partial charge in [0.1, 0.15) is 5.56 Å². The van der Waals surface area contributed by atoms with E-state index >= 15 is 0 Å². The lowest BCUT2D eigenvalue weighted by atomic mass is 10.1. The lowest BCUT2D eigenvalue weighted by Crippen LogP contribution is -2.43. The molecule has 4 rings (SSSR count). The molecule has 0 saturated carbocycles. The Balaban J connectivity index is 1.46. The lowest BCUT2D eigenvalue weighted by molar-refractivity contribution is 0.0847. The zero-order valence-corrected chi connectivity index (χ0v) is 15.4. The van der Waals surface area contributed by atoms with Crippen LogP contribution in [0.25, 0.3) is 4.96 Å². The molecule has 7 nitrogen and oxygen atoms in total. The third-order valence-electron chi connectivity index (χ3n) is 4.35. The summed E-state index contributed by atoms with van der Waals surface area (Å²) >= 11 is 2.77. The van der Waals surface area contributed by atoms with Gasteiger partial charge in [0, 0.05) is 22.7 Å². The highest BCUT2D eigenvalue weighted by molar-refractivity contribution is 7.15. The first-order valence-corrected chi connectivity index (χ1v) is 10.0. The van der Waals surface area contributed by atoms with Crippen LogP contribution in [0.5, 0.6) is 0 Å². The number of nitrogens with one attached hydrogen (secondary N) is 2. The number of thiazole rings is 1.